The van der Waals surface area contributed by atoms with Crippen LogP contribution >= 0.6 is 0 Å². The molecule has 2 aromatic heterocycles. The number of benzene rings is 1. The SMILES string of the molecule is Nc1ccc(-c2ccc(C3CN(C(=O)Cc4ccc5c(c4)OCCCO5)CCO3)nc2)cn1. The highest BCUT2D eigenvalue weighted by molar-refractivity contribution is 5.79. The van der Waals surface area contributed by atoms with E-state index in [4.69, 9.17) is 19.9 Å². The molecule has 8 heteroatoms. The van der Waals surface area contributed by atoms with Gasteiger partial charge in [0.25, 0.3) is 0 Å². The molecule has 2 aliphatic rings. The molecule has 0 aliphatic carbocycles. The van der Waals surface area contributed by atoms with Crippen molar-refractivity contribution in [2.75, 3.05) is 38.6 Å². The van der Waals surface area contributed by atoms with Crippen molar-refractivity contribution in [2.45, 2.75) is 18.9 Å². The third kappa shape index (κ3) is 4.90. The van der Waals surface area contributed by atoms with Crippen LogP contribution in [-0.2, 0) is 16.0 Å². The van der Waals surface area contributed by atoms with Crippen molar-refractivity contribution in [3.05, 3.63) is 66.1 Å². The summed E-state index contributed by atoms with van der Waals surface area (Å²) in [5.41, 5.74) is 9.26. The van der Waals surface area contributed by atoms with Gasteiger partial charge in [0, 0.05) is 36.5 Å². The largest absolute Gasteiger partial charge is 0.490 e. The first kappa shape index (κ1) is 21.2. The molecule has 1 saturated heterocycles. The van der Waals surface area contributed by atoms with E-state index in [0.717, 1.165) is 34.6 Å². The van der Waals surface area contributed by atoms with Gasteiger partial charge in [-0.1, -0.05) is 12.1 Å². The highest BCUT2D eigenvalue weighted by atomic mass is 16.5. The van der Waals surface area contributed by atoms with Gasteiger partial charge in [0.15, 0.2) is 11.5 Å². The second kappa shape index (κ2) is 9.46. The van der Waals surface area contributed by atoms with E-state index in [2.05, 4.69) is 9.97 Å². The molecule has 2 aliphatic heterocycles. The van der Waals surface area contributed by atoms with Crippen LogP contribution in [0.25, 0.3) is 11.1 Å². The van der Waals surface area contributed by atoms with Crippen LogP contribution in [0, 0.1) is 0 Å². The second-order valence-corrected chi connectivity index (χ2v) is 8.15. The summed E-state index contributed by atoms with van der Waals surface area (Å²) in [4.78, 5) is 23.6. The van der Waals surface area contributed by atoms with Crippen LogP contribution in [0.3, 0.4) is 0 Å². The summed E-state index contributed by atoms with van der Waals surface area (Å²) >= 11 is 0. The number of nitrogens with two attached hydrogens (primary N) is 1. The van der Waals surface area contributed by atoms with E-state index in [9.17, 15) is 4.79 Å². The second-order valence-electron chi connectivity index (χ2n) is 8.15. The van der Waals surface area contributed by atoms with E-state index < -0.39 is 0 Å². The molecule has 33 heavy (non-hydrogen) atoms. The van der Waals surface area contributed by atoms with Crippen LogP contribution in [0.15, 0.2) is 54.9 Å². The maximum atomic E-state index is 13.0. The number of morpholine rings is 1. The molecule has 1 amide bonds. The Morgan fingerprint density at radius 1 is 0.970 bits per heavy atom. The molecule has 4 heterocycles. The number of amides is 1. The fourth-order valence-corrected chi connectivity index (χ4v) is 4.00. The first-order chi connectivity index (χ1) is 16.2. The number of ether oxygens (including phenoxy) is 3. The fourth-order valence-electron chi connectivity index (χ4n) is 4.00. The molecule has 1 aromatic carbocycles. The molecule has 0 spiro atoms. The molecule has 1 atom stereocenters. The minimum absolute atomic E-state index is 0.0577. The van der Waals surface area contributed by atoms with Gasteiger partial charge in [-0.3, -0.25) is 9.78 Å². The van der Waals surface area contributed by atoms with E-state index in [0.29, 0.717) is 50.9 Å². The Morgan fingerprint density at radius 3 is 2.52 bits per heavy atom. The molecular formula is C25H26N4O4. The number of hydrogen-bond acceptors (Lipinski definition) is 7. The highest BCUT2D eigenvalue weighted by Crippen LogP contribution is 2.31. The number of hydrogen-bond donors (Lipinski definition) is 1. The van der Waals surface area contributed by atoms with Gasteiger partial charge in [0.2, 0.25) is 5.91 Å². The Balaban J connectivity index is 1.23. The van der Waals surface area contributed by atoms with E-state index in [-0.39, 0.29) is 12.0 Å². The third-order valence-electron chi connectivity index (χ3n) is 5.82. The van der Waals surface area contributed by atoms with Crippen LogP contribution in [0.2, 0.25) is 0 Å². The summed E-state index contributed by atoms with van der Waals surface area (Å²) in [7, 11) is 0. The minimum atomic E-state index is -0.259. The van der Waals surface area contributed by atoms with Crippen LogP contribution in [0.1, 0.15) is 23.8 Å². The number of carbonyl (C=O) groups is 1. The number of nitrogens with zero attached hydrogens (tertiary/aromatic N) is 3. The zero-order valence-electron chi connectivity index (χ0n) is 18.3. The van der Waals surface area contributed by atoms with Gasteiger partial charge in [-0.15, -0.1) is 0 Å². The van der Waals surface area contributed by atoms with Crippen molar-refractivity contribution in [2.24, 2.45) is 0 Å². The molecule has 0 bridgehead atoms. The maximum Gasteiger partial charge on any atom is 0.227 e. The number of anilines is 1. The predicted octanol–water partition coefficient (Wildman–Crippen LogP) is 3.03. The summed E-state index contributed by atoms with van der Waals surface area (Å²) in [6, 6.07) is 13.3. The fraction of sp³-hybridized carbons (Fsp3) is 0.320. The Bertz CT molecular complexity index is 1120. The number of pyridine rings is 2. The topological polar surface area (TPSA) is 99.8 Å². The Kier molecular flexibility index (Phi) is 6.08. The zero-order chi connectivity index (χ0) is 22.6. The summed E-state index contributed by atoms with van der Waals surface area (Å²) in [5, 5.41) is 0. The van der Waals surface area contributed by atoms with Gasteiger partial charge in [-0.05, 0) is 35.9 Å². The summed E-state index contributed by atoms with van der Waals surface area (Å²) in [5.74, 6) is 1.98. The molecule has 1 unspecified atom stereocenters. The van der Waals surface area contributed by atoms with Gasteiger partial charge < -0.3 is 24.8 Å². The molecule has 0 radical (unpaired) electrons. The lowest BCUT2D eigenvalue weighted by Gasteiger charge is -2.33. The minimum Gasteiger partial charge on any atom is -0.490 e. The lowest BCUT2D eigenvalue weighted by atomic mass is 10.1. The van der Waals surface area contributed by atoms with E-state index in [1.165, 1.54) is 0 Å². The van der Waals surface area contributed by atoms with E-state index >= 15 is 0 Å². The monoisotopic (exact) mass is 446 g/mol. The number of rotatable bonds is 4. The summed E-state index contributed by atoms with van der Waals surface area (Å²) in [6.07, 6.45) is 4.42. The molecular weight excluding hydrogens is 420 g/mol. The molecule has 8 nitrogen and oxygen atoms in total. The third-order valence-corrected chi connectivity index (χ3v) is 5.82. The average molecular weight is 447 g/mol. The molecule has 3 aromatic rings. The van der Waals surface area contributed by atoms with Crippen molar-refractivity contribution < 1.29 is 19.0 Å². The zero-order valence-corrected chi connectivity index (χ0v) is 18.3. The Labute approximate surface area is 192 Å². The number of carbonyl (C=O) groups excluding carboxylic acids is 1. The van der Waals surface area contributed by atoms with Crippen LogP contribution in [0.5, 0.6) is 11.5 Å². The quantitative estimate of drug-likeness (QED) is 0.658. The van der Waals surface area contributed by atoms with Gasteiger partial charge in [0.05, 0.1) is 38.5 Å². The summed E-state index contributed by atoms with van der Waals surface area (Å²) < 4.78 is 17.3. The van der Waals surface area contributed by atoms with Gasteiger partial charge in [-0.2, -0.15) is 0 Å². The van der Waals surface area contributed by atoms with Crippen molar-refractivity contribution in [1.29, 1.82) is 0 Å². The molecule has 2 N–H and O–H groups in total. The molecule has 0 saturated carbocycles. The molecule has 170 valence electrons. The lowest BCUT2D eigenvalue weighted by Crippen LogP contribution is -2.43. The Hall–Kier alpha value is -3.65. The maximum absolute atomic E-state index is 13.0. The number of aromatic nitrogens is 2. The van der Waals surface area contributed by atoms with Crippen LogP contribution < -0.4 is 15.2 Å². The first-order valence-electron chi connectivity index (χ1n) is 11.1. The number of fused-ring (bicyclic) bond motifs is 1. The Morgan fingerprint density at radius 2 is 1.76 bits per heavy atom. The normalized spacial score (nSPS) is 17.9. The van der Waals surface area contributed by atoms with Crippen molar-refractivity contribution in [3.8, 4) is 22.6 Å². The van der Waals surface area contributed by atoms with Gasteiger partial charge in [-0.25, -0.2) is 4.98 Å². The lowest BCUT2D eigenvalue weighted by molar-refractivity contribution is -0.138. The molecule has 5 rings (SSSR count). The van der Waals surface area contributed by atoms with Crippen molar-refractivity contribution in [3.63, 3.8) is 0 Å². The first-order valence-corrected chi connectivity index (χ1v) is 11.1. The standard InChI is InChI=1S/C25H26N4O4/c26-24-7-4-19(15-28-24)18-3-5-20(27-14-18)23-16-29(8-11-33-23)25(30)13-17-2-6-21-22(12-17)32-10-1-9-31-21/h2-7,12,14-15,23H,1,8-11,13,16H2,(H2,26,28). The highest BCUT2D eigenvalue weighted by Gasteiger charge is 2.26. The van der Waals surface area contributed by atoms with Gasteiger partial charge in [0.1, 0.15) is 11.9 Å². The van der Waals surface area contributed by atoms with Crippen LogP contribution in [0.4, 0.5) is 5.82 Å². The predicted molar refractivity (Wildman–Crippen MR) is 123 cm³/mol. The van der Waals surface area contributed by atoms with Crippen molar-refractivity contribution in [1.82, 2.24) is 14.9 Å². The van der Waals surface area contributed by atoms with Crippen molar-refractivity contribution >= 4 is 11.7 Å². The smallest absolute Gasteiger partial charge is 0.227 e. The average Bonchev–Trinajstić information content (AvgIpc) is 3.10. The number of nitrogen functional groups attached to an aromatic ring is 1. The van der Waals surface area contributed by atoms with Crippen LogP contribution in [-0.4, -0.2) is 53.7 Å². The van der Waals surface area contributed by atoms with E-state index in [1.807, 2.05) is 41.3 Å². The molecule has 1 fully saturated rings. The van der Waals surface area contributed by atoms with E-state index in [1.54, 1.807) is 18.5 Å². The summed E-state index contributed by atoms with van der Waals surface area (Å²) in [6.45, 7) is 2.78. The van der Waals surface area contributed by atoms with Gasteiger partial charge >= 0.3 is 0 Å².